The molecule has 1 fully saturated rings. The first-order valence-electron chi connectivity index (χ1n) is 9.40. The van der Waals surface area contributed by atoms with E-state index in [9.17, 15) is 9.59 Å². The van der Waals surface area contributed by atoms with Crippen molar-refractivity contribution in [2.75, 3.05) is 25.0 Å². The third-order valence-electron chi connectivity index (χ3n) is 4.46. The van der Waals surface area contributed by atoms with Crippen molar-refractivity contribution in [3.63, 3.8) is 0 Å². The van der Waals surface area contributed by atoms with Crippen molar-refractivity contribution in [3.8, 4) is 5.75 Å². The monoisotopic (exact) mass is 445 g/mol. The van der Waals surface area contributed by atoms with Crippen LogP contribution in [-0.4, -0.2) is 36.5 Å². The van der Waals surface area contributed by atoms with Crippen LogP contribution in [0.3, 0.4) is 0 Å². The summed E-state index contributed by atoms with van der Waals surface area (Å²) in [6, 6.07) is 15.0. The molecule has 0 aromatic heterocycles. The Balaban J connectivity index is 1.41. The Morgan fingerprint density at radius 3 is 2.64 bits per heavy atom. The number of nitrogens with one attached hydrogen (secondary N) is 2. The van der Waals surface area contributed by atoms with Crippen LogP contribution in [0.4, 0.5) is 10.5 Å². The minimum atomic E-state index is -0.0819. The second-order valence-electron chi connectivity index (χ2n) is 6.66. The fraction of sp³-hybridized carbons (Fsp3) is 0.333. The van der Waals surface area contributed by atoms with Gasteiger partial charge in [-0.25, -0.2) is 4.79 Å². The number of carbonyl (C=O) groups excluding carboxylic acids is 2. The number of rotatable bonds is 7. The highest BCUT2D eigenvalue weighted by atomic mass is 79.9. The Kier molecular flexibility index (Phi) is 7.31. The summed E-state index contributed by atoms with van der Waals surface area (Å²) in [5, 5.41) is 5.80. The van der Waals surface area contributed by atoms with E-state index in [0.29, 0.717) is 13.2 Å². The highest BCUT2D eigenvalue weighted by molar-refractivity contribution is 9.10. The summed E-state index contributed by atoms with van der Waals surface area (Å²) in [5.74, 6) is 0.644. The van der Waals surface area contributed by atoms with Gasteiger partial charge in [-0.3, -0.25) is 4.79 Å². The fourth-order valence-corrected chi connectivity index (χ4v) is 3.37. The van der Waals surface area contributed by atoms with Gasteiger partial charge in [-0.1, -0.05) is 34.1 Å². The van der Waals surface area contributed by atoms with Crippen LogP contribution < -0.4 is 15.4 Å². The van der Waals surface area contributed by atoms with Crippen molar-refractivity contribution in [2.24, 2.45) is 0 Å². The number of nitrogens with zero attached hydrogens (tertiary/aromatic N) is 1. The van der Waals surface area contributed by atoms with E-state index in [2.05, 4.69) is 26.6 Å². The molecule has 1 aliphatic heterocycles. The zero-order valence-corrected chi connectivity index (χ0v) is 17.2. The average molecular weight is 446 g/mol. The lowest BCUT2D eigenvalue weighted by Crippen LogP contribution is -2.32. The van der Waals surface area contributed by atoms with Crippen molar-refractivity contribution in [2.45, 2.75) is 25.8 Å². The molecule has 1 heterocycles. The summed E-state index contributed by atoms with van der Waals surface area (Å²) in [5.41, 5.74) is 1.67. The van der Waals surface area contributed by atoms with Crippen LogP contribution >= 0.6 is 15.9 Å². The summed E-state index contributed by atoms with van der Waals surface area (Å²) in [6.07, 6.45) is 2.40. The predicted molar refractivity (Wildman–Crippen MR) is 112 cm³/mol. The number of urea groups is 1. The molecular formula is C21H24BrN3O3. The predicted octanol–water partition coefficient (Wildman–Crippen LogP) is 4.16. The number of hydrogen-bond donors (Lipinski definition) is 2. The van der Waals surface area contributed by atoms with Gasteiger partial charge in [-0.05, 0) is 48.7 Å². The second kappa shape index (κ2) is 10.1. The number of benzene rings is 2. The molecule has 2 aromatic carbocycles. The molecule has 0 aliphatic carbocycles. The van der Waals surface area contributed by atoms with E-state index in [1.54, 1.807) is 0 Å². The van der Waals surface area contributed by atoms with Gasteiger partial charge in [-0.2, -0.15) is 0 Å². The largest absolute Gasteiger partial charge is 0.493 e. The molecule has 28 heavy (non-hydrogen) atoms. The first kappa shape index (κ1) is 20.2. The van der Waals surface area contributed by atoms with Crippen molar-refractivity contribution >= 4 is 33.6 Å². The molecule has 0 saturated carbocycles. The van der Waals surface area contributed by atoms with Crippen molar-refractivity contribution in [1.29, 1.82) is 0 Å². The minimum absolute atomic E-state index is 0.0663. The zero-order chi connectivity index (χ0) is 19.8. The van der Waals surface area contributed by atoms with Gasteiger partial charge in [0.05, 0.1) is 13.0 Å². The number of anilines is 1. The third-order valence-corrected chi connectivity index (χ3v) is 4.95. The molecule has 3 amide bonds. The quantitative estimate of drug-likeness (QED) is 0.671. The lowest BCUT2D eigenvalue weighted by molar-refractivity contribution is -0.121. The van der Waals surface area contributed by atoms with Crippen molar-refractivity contribution < 1.29 is 14.3 Å². The van der Waals surface area contributed by atoms with Crippen LogP contribution in [0.2, 0.25) is 0 Å². The molecule has 2 N–H and O–H groups in total. The van der Waals surface area contributed by atoms with Crippen LogP contribution in [0.15, 0.2) is 53.0 Å². The van der Waals surface area contributed by atoms with Gasteiger partial charge in [0.15, 0.2) is 0 Å². The molecule has 0 atom stereocenters. The molecule has 0 bridgehead atoms. The third kappa shape index (κ3) is 6.27. The van der Waals surface area contributed by atoms with Gasteiger partial charge in [0.25, 0.3) is 0 Å². The number of ether oxygens (including phenoxy) is 1. The van der Waals surface area contributed by atoms with E-state index < -0.39 is 0 Å². The fourth-order valence-electron chi connectivity index (χ4n) is 2.99. The van der Waals surface area contributed by atoms with E-state index in [-0.39, 0.29) is 18.4 Å². The summed E-state index contributed by atoms with van der Waals surface area (Å²) in [6.45, 7) is 2.34. The molecule has 3 rings (SSSR count). The topological polar surface area (TPSA) is 70.7 Å². The zero-order valence-electron chi connectivity index (χ0n) is 15.6. The van der Waals surface area contributed by atoms with Crippen LogP contribution in [0.1, 0.15) is 24.8 Å². The van der Waals surface area contributed by atoms with E-state index in [1.165, 1.54) is 0 Å². The van der Waals surface area contributed by atoms with E-state index in [4.69, 9.17) is 4.74 Å². The first-order valence-corrected chi connectivity index (χ1v) is 10.2. The lowest BCUT2D eigenvalue weighted by atomic mass is 10.2. The molecule has 2 aromatic rings. The minimum Gasteiger partial charge on any atom is -0.493 e. The number of halogens is 1. The van der Waals surface area contributed by atoms with Gasteiger partial charge in [0.2, 0.25) is 5.91 Å². The van der Waals surface area contributed by atoms with Crippen LogP contribution in [-0.2, 0) is 11.3 Å². The highest BCUT2D eigenvalue weighted by Crippen LogP contribution is 2.18. The average Bonchev–Trinajstić information content (AvgIpc) is 3.22. The summed E-state index contributed by atoms with van der Waals surface area (Å²) in [7, 11) is 0. The van der Waals surface area contributed by atoms with Crippen LogP contribution in [0.25, 0.3) is 0 Å². The Labute approximate surface area is 173 Å². The van der Waals surface area contributed by atoms with E-state index in [0.717, 1.165) is 47.4 Å². The molecule has 0 radical (unpaired) electrons. The highest BCUT2D eigenvalue weighted by Gasteiger charge is 2.17. The summed E-state index contributed by atoms with van der Waals surface area (Å²) in [4.78, 5) is 26.0. The molecular weight excluding hydrogens is 422 g/mol. The number of likely N-dealkylation sites (tertiary alicyclic amines) is 1. The Hall–Kier alpha value is -2.54. The standard InChI is InChI=1S/C21H24BrN3O3/c22-17-6-4-8-19(14-17)28-12-9-20(26)23-15-16-5-3-7-18(13-16)24-21(27)25-10-1-2-11-25/h3-8,13-14H,1-2,9-12,15H2,(H,23,26)(H,24,27). The van der Waals surface area contributed by atoms with Gasteiger partial charge in [0.1, 0.15) is 5.75 Å². The maximum Gasteiger partial charge on any atom is 0.321 e. The van der Waals surface area contributed by atoms with E-state index in [1.807, 2.05) is 53.4 Å². The summed E-state index contributed by atoms with van der Waals surface area (Å²) < 4.78 is 6.51. The molecule has 6 nitrogen and oxygen atoms in total. The molecule has 1 saturated heterocycles. The first-order chi connectivity index (χ1) is 13.6. The van der Waals surface area contributed by atoms with Gasteiger partial charge in [0, 0.05) is 29.8 Å². The van der Waals surface area contributed by atoms with Gasteiger partial charge in [-0.15, -0.1) is 0 Å². The number of carbonyl (C=O) groups is 2. The normalized spacial score (nSPS) is 13.2. The molecule has 1 aliphatic rings. The van der Waals surface area contributed by atoms with Crippen LogP contribution in [0.5, 0.6) is 5.75 Å². The SMILES string of the molecule is O=C(CCOc1cccc(Br)c1)NCc1cccc(NC(=O)N2CCCC2)c1. The lowest BCUT2D eigenvalue weighted by Gasteiger charge is -2.16. The van der Waals surface area contributed by atoms with Gasteiger partial charge >= 0.3 is 6.03 Å². The molecule has 148 valence electrons. The Morgan fingerprint density at radius 2 is 1.86 bits per heavy atom. The maximum absolute atomic E-state index is 12.2. The van der Waals surface area contributed by atoms with Crippen LogP contribution in [0, 0.1) is 0 Å². The van der Waals surface area contributed by atoms with Crippen molar-refractivity contribution in [1.82, 2.24) is 10.2 Å². The van der Waals surface area contributed by atoms with Crippen molar-refractivity contribution in [3.05, 3.63) is 58.6 Å². The molecule has 0 spiro atoms. The summed E-state index contributed by atoms with van der Waals surface area (Å²) >= 11 is 3.39. The maximum atomic E-state index is 12.2. The second-order valence-corrected chi connectivity index (χ2v) is 7.57. The van der Waals surface area contributed by atoms with Gasteiger partial charge < -0.3 is 20.3 Å². The van der Waals surface area contributed by atoms with E-state index >= 15 is 0 Å². The Bertz CT molecular complexity index is 822. The molecule has 7 heteroatoms. The molecule has 0 unspecified atom stereocenters. The smallest absolute Gasteiger partial charge is 0.321 e. The number of amides is 3. The Morgan fingerprint density at radius 1 is 1.07 bits per heavy atom. The number of hydrogen-bond acceptors (Lipinski definition) is 3.